The Bertz CT molecular complexity index is 1690. The lowest BCUT2D eigenvalue weighted by molar-refractivity contribution is 0.620. The first-order valence-electron chi connectivity index (χ1n) is 12.2. The monoisotopic (exact) mass is 464 g/mol. The van der Waals surface area contributed by atoms with E-state index in [9.17, 15) is 0 Å². The van der Waals surface area contributed by atoms with E-state index >= 15 is 0 Å². The molecule has 0 unspecified atom stereocenters. The van der Waals surface area contributed by atoms with E-state index in [1.54, 1.807) is 0 Å². The van der Waals surface area contributed by atoms with Crippen molar-refractivity contribution in [3.63, 3.8) is 0 Å². The van der Waals surface area contributed by atoms with Crippen LogP contribution < -0.4 is 0 Å². The van der Waals surface area contributed by atoms with Crippen LogP contribution in [-0.2, 0) is 5.41 Å². The first-order chi connectivity index (χ1) is 17.6. The molecule has 0 aliphatic heterocycles. The summed E-state index contributed by atoms with van der Waals surface area (Å²) in [6.45, 7) is 4.57. The molecule has 3 aromatic heterocycles. The molecule has 0 atom stereocenters. The van der Waals surface area contributed by atoms with Crippen molar-refractivity contribution < 1.29 is 0 Å². The molecule has 172 valence electrons. The third-order valence-corrected chi connectivity index (χ3v) is 7.23. The number of hydrogen-bond donors (Lipinski definition) is 0. The molecule has 3 aromatic carbocycles. The molecule has 1 aliphatic rings. The van der Waals surface area contributed by atoms with Crippen molar-refractivity contribution in [3.05, 3.63) is 121 Å². The van der Waals surface area contributed by atoms with Gasteiger partial charge in [0.1, 0.15) is 5.82 Å². The highest BCUT2D eigenvalue weighted by Gasteiger charge is 2.42. The molecule has 1 aliphatic carbocycles. The van der Waals surface area contributed by atoms with Crippen LogP contribution in [0.15, 0.2) is 109 Å². The molecule has 3 heterocycles. The van der Waals surface area contributed by atoms with Crippen molar-refractivity contribution >= 4 is 10.9 Å². The summed E-state index contributed by atoms with van der Waals surface area (Å²) in [5, 5.41) is 1.19. The second kappa shape index (κ2) is 7.72. The Morgan fingerprint density at radius 2 is 1.39 bits per heavy atom. The summed E-state index contributed by atoms with van der Waals surface area (Å²) >= 11 is 0. The highest BCUT2D eigenvalue weighted by molar-refractivity contribution is 6.02. The van der Waals surface area contributed by atoms with Gasteiger partial charge in [0, 0.05) is 45.4 Å². The summed E-state index contributed by atoms with van der Waals surface area (Å²) in [6.07, 6.45) is 1.89. The van der Waals surface area contributed by atoms with E-state index in [4.69, 9.17) is 15.0 Å². The molecular weight excluding hydrogens is 440 g/mol. The van der Waals surface area contributed by atoms with E-state index in [-0.39, 0.29) is 5.41 Å². The van der Waals surface area contributed by atoms with Crippen molar-refractivity contribution in [3.8, 4) is 39.7 Å². The van der Waals surface area contributed by atoms with Gasteiger partial charge in [-0.25, -0.2) is 9.97 Å². The zero-order valence-corrected chi connectivity index (χ0v) is 20.2. The Balaban J connectivity index is 1.58. The predicted molar refractivity (Wildman–Crippen MR) is 145 cm³/mol. The summed E-state index contributed by atoms with van der Waals surface area (Å²) in [4.78, 5) is 15.0. The highest BCUT2D eigenvalue weighted by Crippen LogP contribution is 2.52. The summed E-state index contributed by atoms with van der Waals surface area (Å²) in [5.74, 6) is 1.57. The third-order valence-electron chi connectivity index (χ3n) is 7.23. The number of aromatic nitrogens is 4. The Morgan fingerprint density at radius 3 is 2.17 bits per heavy atom. The average Bonchev–Trinajstić information content (AvgIpc) is 3.40. The van der Waals surface area contributed by atoms with Crippen LogP contribution in [0.3, 0.4) is 0 Å². The zero-order valence-electron chi connectivity index (χ0n) is 20.2. The summed E-state index contributed by atoms with van der Waals surface area (Å²) < 4.78 is 2.33. The van der Waals surface area contributed by atoms with Crippen molar-refractivity contribution in [2.75, 3.05) is 0 Å². The smallest absolute Gasteiger partial charge is 0.162 e. The van der Waals surface area contributed by atoms with Crippen LogP contribution in [0.2, 0.25) is 0 Å². The molecule has 0 saturated heterocycles. The van der Waals surface area contributed by atoms with Crippen molar-refractivity contribution in [1.29, 1.82) is 0 Å². The number of benzene rings is 3. The molecule has 0 radical (unpaired) electrons. The molecule has 0 amide bonds. The van der Waals surface area contributed by atoms with Gasteiger partial charge in [-0.15, -0.1) is 0 Å². The standard InChI is InChI=1S/C32H24N4/c1-32(2)24-17-11-19-33-29(24)28-23-16-9-10-18-26(23)36(30(28)32)27-20-25(21-12-5-3-6-13-21)34-31(35-27)22-14-7-4-8-15-22/h3-20H,1-2H3. The second-order valence-electron chi connectivity index (χ2n) is 9.77. The van der Waals surface area contributed by atoms with Crippen molar-refractivity contribution in [1.82, 2.24) is 19.5 Å². The maximum Gasteiger partial charge on any atom is 0.162 e. The second-order valence-corrected chi connectivity index (χ2v) is 9.77. The van der Waals surface area contributed by atoms with Crippen LogP contribution in [0.4, 0.5) is 0 Å². The molecule has 0 saturated carbocycles. The minimum atomic E-state index is -0.233. The number of fused-ring (bicyclic) bond motifs is 5. The minimum Gasteiger partial charge on any atom is -0.296 e. The minimum absolute atomic E-state index is 0.233. The van der Waals surface area contributed by atoms with Gasteiger partial charge < -0.3 is 0 Å². The van der Waals surface area contributed by atoms with Gasteiger partial charge in [-0.1, -0.05) is 98.8 Å². The third kappa shape index (κ3) is 2.97. The summed E-state index contributed by atoms with van der Waals surface area (Å²) in [6, 6.07) is 35.5. The van der Waals surface area contributed by atoms with E-state index in [0.717, 1.165) is 33.8 Å². The topological polar surface area (TPSA) is 43.6 Å². The van der Waals surface area contributed by atoms with E-state index in [1.807, 2.05) is 48.7 Å². The number of para-hydroxylation sites is 1. The van der Waals surface area contributed by atoms with Gasteiger partial charge in [-0.2, -0.15) is 0 Å². The van der Waals surface area contributed by atoms with Crippen molar-refractivity contribution in [2.45, 2.75) is 19.3 Å². The van der Waals surface area contributed by atoms with Crippen LogP contribution in [0.5, 0.6) is 0 Å². The van der Waals surface area contributed by atoms with E-state index in [0.29, 0.717) is 5.82 Å². The number of nitrogens with zero attached hydrogens (tertiary/aromatic N) is 4. The van der Waals surface area contributed by atoms with E-state index in [1.165, 1.54) is 22.2 Å². The van der Waals surface area contributed by atoms with Gasteiger partial charge in [-0.05, 0) is 17.7 Å². The lowest BCUT2D eigenvalue weighted by atomic mass is 9.86. The quantitative estimate of drug-likeness (QED) is 0.273. The van der Waals surface area contributed by atoms with Gasteiger partial charge in [0.2, 0.25) is 0 Å². The van der Waals surface area contributed by atoms with Crippen LogP contribution in [0, 0.1) is 0 Å². The summed E-state index contributed by atoms with van der Waals surface area (Å²) in [7, 11) is 0. The molecule has 36 heavy (non-hydrogen) atoms. The fraction of sp³-hybridized carbons (Fsp3) is 0.0938. The molecular formula is C32H24N4. The molecule has 0 fully saturated rings. The normalized spacial score (nSPS) is 13.5. The largest absolute Gasteiger partial charge is 0.296 e. The predicted octanol–water partition coefficient (Wildman–Crippen LogP) is 7.46. The SMILES string of the molecule is CC1(C)c2cccnc2-c2c1n(-c1cc(-c3ccccc3)nc(-c3ccccc3)n1)c1ccccc21. The molecule has 0 bridgehead atoms. The van der Waals surface area contributed by atoms with E-state index in [2.05, 4.69) is 79.1 Å². The van der Waals surface area contributed by atoms with Crippen LogP contribution in [-0.4, -0.2) is 19.5 Å². The maximum atomic E-state index is 5.16. The number of rotatable bonds is 3. The lowest BCUT2D eigenvalue weighted by Crippen LogP contribution is -2.20. The Hall–Kier alpha value is -4.57. The molecule has 6 aromatic rings. The number of hydrogen-bond acceptors (Lipinski definition) is 3. The van der Waals surface area contributed by atoms with Crippen molar-refractivity contribution in [2.24, 2.45) is 0 Å². The Kier molecular flexibility index (Phi) is 4.45. The fourth-order valence-electron chi connectivity index (χ4n) is 5.57. The lowest BCUT2D eigenvalue weighted by Gasteiger charge is -2.24. The van der Waals surface area contributed by atoms with Crippen LogP contribution in [0.1, 0.15) is 25.1 Å². The van der Waals surface area contributed by atoms with Gasteiger partial charge in [0.15, 0.2) is 5.82 Å². The van der Waals surface area contributed by atoms with Gasteiger partial charge in [-0.3, -0.25) is 9.55 Å². The average molecular weight is 465 g/mol. The Labute approximate surface area is 210 Å². The van der Waals surface area contributed by atoms with Gasteiger partial charge in [0.25, 0.3) is 0 Å². The van der Waals surface area contributed by atoms with Crippen LogP contribution >= 0.6 is 0 Å². The van der Waals surface area contributed by atoms with Gasteiger partial charge >= 0.3 is 0 Å². The van der Waals surface area contributed by atoms with Gasteiger partial charge in [0.05, 0.1) is 16.9 Å². The molecule has 7 rings (SSSR count). The maximum absolute atomic E-state index is 5.16. The first-order valence-corrected chi connectivity index (χ1v) is 12.2. The fourth-order valence-corrected chi connectivity index (χ4v) is 5.57. The molecule has 4 heteroatoms. The molecule has 0 spiro atoms. The Morgan fingerprint density at radius 1 is 0.694 bits per heavy atom. The zero-order chi connectivity index (χ0) is 24.3. The number of pyridine rings is 1. The molecule has 0 N–H and O–H groups in total. The first kappa shape index (κ1) is 20.8. The van der Waals surface area contributed by atoms with Crippen LogP contribution in [0.25, 0.3) is 50.6 Å². The summed E-state index contributed by atoms with van der Waals surface area (Å²) in [5.41, 5.74) is 8.58. The highest BCUT2D eigenvalue weighted by atomic mass is 15.1. The molecule has 4 nitrogen and oxygen atoms in total. The van der Waals surface area contributed by atoms with E-state index < -0.39 is 0 Å².